The highest BCUT2D eigenvalue weighted by molar-refractivity contribution is 6.07. The van der Waals surface area contributed by atoms with Crippen LogP contribution in [0.3, 0.4) is 0 Å². The van der Waals surface area contributed by atoms with Crippen molar-refractivity contribution in [2.45, 2.75) is 75.2 Å². The first kappa shape index (κ1) is 20.6. The largest absolute Gasteiger partial charge is 0.483 e. The molecule has 2 bridgehead atoms. The van der Waals surface area contributed by atoms with E-state index in [1.807, 2.05) is 24.8 Å². The molecule has 7 heteroatoms. The minimum atomic E-state index is -1.10. The molecule has 2 N–H and O–H groups in total. The Kier molecular flexibility index (Phi) is 3.55. The Balaban J connectivity index is 1.51. The Morgan fingerprint density at radius 2 is 1.97 bits per heavy atom. The number of hydrogen-bond acceptors (Lipinski definition) is 4. The summed E-state index contributed by atoms with van der Waals surface area (Å²) in [5, 5.41) is 4.27. The first-order valence-electron chi connectivity index (χ1n) is 12.3. The molecule has 4 fully saturated rings. The molecule has 0 radical (unpaired) electrons. The molecule has 6 aliphatic rings. The van der Waals surface area contributed by atoms with Crippen LogP contribution in [0.2, 0.25) is 0 Å². The van der Waals surface area contributed by atoms with E-state index in [0.717, 1.165) is 46.3 Å². The summed E-state index contributed by atoms with van der Waals surface area (Å²) in [6, 6.07) is 4.07. The number of hydrogen-bond donors (Lipinski definition) is 2. The lowest BCUT2D eigenvalue weighted by Crippen LogP contribution is -2.85. The van der Waals surface area contributed by atoms with Crippen LogP contribution < -0.4 is 10.1 Å². The first-order chi connectivity index (χ1) is 16.1. The number of ether oxygens (including phenoxy) is 2. The summed E-state index contributed by atoms with van der Waals surface area (Å²) < 4.78 is 12.4. The number of piperidine rings is 2. The van der Waals surface area contributed by atoms with Crippen molar-refractivity contribution in [2.75, 3.05) is 13.7 Å². The van der Waals surface area contributed by atoms with Gasteiger partial charge in [-0.2, -0.15) is 0 Å². The van der Waals surface area contributed by atoms with Crippen molar-refractivity contribution in [1.29, 1.82) is 0 Å². The number of carbonyl (C=O) groups is 2. The smallest absolute Gasteiger partial charge is 0.252 e. The minimum absolute atomic E-state index is 0.0158. The van der Waals surface area contributed by atoms with Gasteiger partial charge in [0.2, 0.25) is 5.91 Å². The van der Waals surface area contributed by atoms with Gasteiger partial charge in [-0.25, -0.2) is 0 Å². The zero-order valence-electron chi connectivity index (χ0n) is 20.4. The van der Waals surface area contributed by atoms with Gasteiger partial charge in [-0.15, -0.1) is 0 Å². The van der Waals surface area contributed by atoms with E-state index in [4.69, 9.17) is 9.47 Å². The van der Waals surface area contributed by atoms with E-state index in [0.29, 0.717) is 13.0 Å². The van der Waals surface area contributed by atoms with E-state index in [1.54, 1.807) is 7.11 Å². The first-order valence-corrected chi connectivity index (χ1v) is 12.3. The number of aromatic nitrogens is 1. The van der Waals surface area contributed by atoms with Crippen LogP contribution in [0.15, 0.2) is 18.2 Å². The fourth-order valence-electron chi connectivity index (χ4n) is 7.84. The van der Waals surface area contributed by atoms with Gasteiger partial charge in [0.05, 0.1) is 5.52 Å². The number of H-pyrrole nitrogens is 1. The average Bonchev–Trinajstić information content (AvgIpc) is 3.38. The third kappa shape index (κ3) is 2.06. The number of rotatable bonds is 1. The summed E-state index contributed by atoms with van der Waals surface area (Å²) in [7, 11) is 1.65. The normalized spacial score (nSPS) is 36.0. The molecule has 8 rings (SSSR count). The van der Waals surface area contributed by atoms with E-state index in [-0.39, 0.29) is 28.7 Å². The molecule has 6 heterocycles. The molecule has 178 valence electrons. The van der Waals surface area contributed by atoms with Crippen LogP contribution in [0.5, 0.6) is 5.75 Å². The standard InChI is InChI=1S/C27H31N3O4/c1-24(2)11-9-14-16(34-24)8-7-15-18-20(28-19(14)15)25(3,4)17-13-26-10-6-12-30(26)23(32)27(17,21(18)33-5)29-22(26)31/h7-9,11,17,21,28H,6,10,12-13H2,1-5H3,(H,29,31)/t17-,21-,26+,27-/m0/s1. The quantitative estimate of drug-likeness (QED) is 0.680. The maximum Gasteiger partial charge on any atom is 0.252 e. The molecule has 0 unspecified atom stereocenters. The lowest BCUT2D eigenvalue weighted by molar-refractivity contribution is -0.193. The summed E-state index contributed by atoms with van der Waals surface area (Å²) in [6.45, 7) is 9.14. The number of methoxy groups -OCH3 is 1. The maximum absolute atomic E-state index is 14.2. The van der Waals surface area contributed by atoms with Crippen molar-refractivity contribution >= 4 is 28.8 Å². The average molecular weight is 462 g/mol. The molecule has 1 aromatic heterocycles. The number of piperazine rings is 1. The van der Waals surface area contributed by atoms with Crippen molar-refractivity contribution in [3.63, 3.8) is 0 Å². The van der Waals surface area contributed by atoms with Gasteiger partial charge in [-0.1, -0.05) is 13.8 Å². The van der Waals surface area contributed by atoms with Crippen molar-refractivity contribution < 1.29 is 19.1 Å². The van der Waals surface area contributed by atoms with Gasteiger partial charge in [-0.3, -0.25) is 9.59 Å². The van der Waals surface area contributed by atoms with Gasteiger partial charge in [0, 0.05) is 47.2 Å². The molecule has 1 aliphatic carbocycles. The van der Waals surface area contributed by atoms with E-state index in [1.165, 1.54) is 0 Å². The van der Waals surface area contributed by atoms with Crippen molar-refractivity contribution in [3.8, 4) is 5.75 Å². The van der Waals surface area contributed by atoms with Gasteiger partial charge in [0.1, 0.15) is 23.0 Å². The second-order valence-corrected chi connectivity index (χ2v) is 11.9. The summed E-state index contributed by atoms with van der Waals surface area (Å²) in [4.78, 5) is 33.3. The third-order valence-electron chi connectivity index (χ3n) is 9.39. The topological polar surface area (TPSA) is 83.7 Å². The number of nitrogens with zero attached hydrogens (tertiary/aromatic N) is 1. The molecule has 4 saturated heterocycles. The van der Waals surface area contributed by atoms with Gasteiger partial charge in [0.25, 0.3) is 5.91 Å². The minimum Gasteiger partial charge on any atom is -0.483 e. The Bertz CT molecular complexity index is 1340. The molecule has 5 aliphatic heterocycles. The van der Waals surface area contributed by atoms with Crippen LogP contribution in [-0.4, -0.2) is 52.0 Å². The molecule has 2 aromatic rings. The number of fused-ring (bicyclic) bond motifs is 6. The third-order valence-corrected chi connectivity index (χ3v) is 9.39. The Labute approximate surface area is 198 Å². The predicted octanol–water partition coefficient (Wildman–Crippen LogP) is 3.58. The van der Waals surface area contributed by atoms with Crippen LogP contribution in [0.4, 0.5) is 0 Å². The number of amides is 2. The van der Waals surface area contributed by atoms with E-state index in [9.17, 15) is 9.59 Å². The van der Waals surface area contributed by atoms with Crippen LogP contribution in [0.1, 0.15) is 69.9 Å². The fraction of sp³-hybridized carbons (Fsp3) is 0.556. The molecule has 4 atom stereocenters. The highest BCUT2D eigenvalue weighted by Crippen LogP contribution is 2.63. The molecule has 2 spiro atoms. The Morgan fingerprint density at radius 3 is 2.74 bits per heavy atom. The summed E-state index contributed by atoms with van der Waals surface area (Å²) in [5.74, 6) is 0.763. The Hall–Kier alpha value is -2.80. The summed E-state index contributed by atoms with van der Waals surface area (Å²) >= 11 is 0. The van der Waals surface area contributed by atoms with Crippen molar-refractivity contribution in [2.24, 2.45) is 5.92 Å². The summed E-state index contributed by atoms with van der Waals surface area (Å²) in [5.41, 5.74) is 1.50. The zero-order chi connectivity index (χ0) is 23.8. The monoisotopic (exact) mass is 461 g/mol. The maximum atomic E-state index is 14.2. The molecule has 0 saturated carbocycles. The zero-order valence-corrected chi connectivity index (χ0v) is 20.4. The second kappa shape index (κ2) is 5.88. The van der Waals surface area contributed by atoms with Crippen LogP contribution in [0.25, 0.3) is 17.0 Å². The van der Waals surface area contributed by atoms with E-state index >= 15 is 0 Å². The molecular weight excluding hydrogens is 430 g/mol. The van der Waals surface area contributed by atoms with Crippen LogP contribution in [-0.2, 0) is 19.7 Å². The Morgan fingerprint density at radius 1 is 1.18 bits per heavy atom. The molecule has 7 nitrogen and oxygen atoms in total. The number of nitrogens with one attached hydrogen (secondary N) is 2. The molecule has 1 aromatic carbocycles. The van der Waals surface area contributed by atoms with Gasteiger partial charge >= 0.3 is 0 Å². The van der Waals surface area contributed by atoms with Crippen LogP contribution in [0, 0.1) is 5.92 Å². The molecular formula is C27H31N3O4. The predicted molar refractivity (Wildman–Crippen MR) is 127 cm³/mol. The van der Waals surface area contributed by atoms with E-state index < -0.39 is 17.2 Å². The number of carbonyl (C=O) groups excluding carboxylic acids is 2. The van der Waals surface area contributed by atoms with Gasteiger partial charge in [-0.05, 0) is 57.4 Å². The van der Waals surface area contributed by atoms with Crippen LogP contribution >= 0.6 is 0 Å². The second-order valence-electron chi connectivity index (χ2n) is 11.9. The fourth-order valence-corrected chi connectivity index (χ4v) is 7.84. The highest BCUT2D eigenvalue weighted by Gasteiger charge is 2.76. The number of benzene rings is 1. The summed E-state index contributed by atoms with van der Waals surface area (Å²) in [6.07, 6.45) is 5.88. The van der Waals surface area contributed by atoms with E-state index in [2.05, 4.69) is 42.4 Å². The number of aromatic amines is 1. The molecule has 2 amide bonds. The lowest BCUT2D eigenvalue weighted by Gasteiger charge is -2.65. The van der Waals surface area contributed by atoms with Gasteiger partial charge in [0.15, 0.2) is 5.54 Å². The van der Waals surface area contributed by atoms with Gasteiger partial charge < -0.3 is 24.7 Å². The highest BCUT2D eigenvalue weighted by atomic mass is 16.5. The van der Waals surface area contributed by atoms with Crippen molar-refractivity contribution in [3.05, 3.63) is 35.0 Å². The lowest BCUT2D eigenvalue weighted by atomic mass is 9.50. The SMILES string of the molecule is CO[C@H]1c2c([nH]c3c4c(ccc23)OC(C)(C)C=C4)C(C)(C)[C@@H]2C[C@@]34CCCN3C(=O)[C@@]12NC4=O. The molecule has 34 heavy (non-hydrogen) atoms. The van der Waals surface area contributed by atoms with Crippen molar-refractivity contribution in [1.82, 2.24) is 15.2 Å².